The third-order valence-corrected chi connectivity index (χ3v) is 1.60. The normalized spacial score (nSPS) is 10.2. The van der Waals surface area contributed by atoms with Gasteiger partial charge in [0.05, 0.1) is 5.69 Å². The molecule has 0 saturated carbocycles. The van der Waals surface area contributed by atoms with Crippen LogP contribution in [0.15, 0.2) is 30.3 Å². The van der Waals surface area contributed by atoms with Crippen molar-refractivity contribution in [2.75, 3.05) is 19.1 Å². The number of anilines is 1. The molecule has 1 aromatic carbocycles. The van der Waals surface area contributed by atoms with Crippen molar-refractivity contribution in [1.82, 2.24) is 5.12 Å². The molecule has 3 heteroatoms. The highest BCUT2D eigenvalue weighted by molar-refractivity contribution is 5.43. The van der Waals surface area contributed by atoms with E-state index >= 15 is 0 Å². The largest absolute Gasteiger partial charge is 0.296 e. The molecule has 1 aromatic rings. The van der Waals surface area contributed by atoms with Crippen molar-refractivity contribution < 1.29 is 0 Å². The quantitative estimate of drug-likeness (QED) is 0.502. The smallest absolute Gasteiger partial charge is 0.0532 e. The van der Waals surface area contributed by atoms with Crippen LogP contribution in [0.25, 0.3) is 0 Å². The molecule has 0 spiro atoms. The Balaban J connectivity index is 2.77. The van der Waals surface area contributed by atoms with Crippen LogP contribution in [0.3, 0.4) is 0 Å². The Bertz CT molecular complexity index is 208. The molecule has 0 fully saturated rings. The molecule has 60 valence electrons. The number of hydrogen-bond acceptors (Lipinski definition) is 3. The van der Waals surface area contributed by atoms with Crippen LogP contribution in [0.5, 0.6) is 0 Å². The highest BCUT2D eigenvalue weighted by atomic mass is 15.7. The van der Waals surface area contributed by atoms with Crippen molar-refractivity contribution in [2.45, 2.75) is 0 Å². The molecule has 0 aliphatic rings. The monoisotopic (exact) mass is 151 g/mol. The zero-order valence-electron chi connectivity index (χ0n) is 6.86. The molecule has 0 heterocycles. The van der Waals surface area contributed by atoms with Crippen molar-refractivity contribution in [3.8, 4) is 0 Å². The number of hydrazine groups is 2. The second-order valence-electron chi connectivity index (χ2n) is 2.43. The topological polar surface area (TPSA) is 32.5 Å². The van der Waals surface area contributed by atoms with Crippen LogP contribution in [0.1, 0.15) is 0 Å². The molecule has 0 aliphatic carbocycles. The Morgan fingerprint density at radius 2 is 1.64 bits per heavy atom. The van der Waals surface area contributed by atoms with Gasteiger partial charge in [0.15, 0.2) is 0 Å². The van der Waals surface area contributed by atoms with E-state index in [1.165, 1.54) is 5.12 Å². The Hall–Kier alpha value is -1.06. The Labute approximate surface area is 67.0 Å². The average Bonchev–Trinajstić information content (AvgIpc) is 2.05. The molecule has 0 atom stereocenters. The van der Waals surface area contributed by atoms with Gasteiger partial charge in [-0.25, -0.2) is 0 Å². The van der Waals surface area contributed by atoms with E-state index in [2.05, 4.69) is 0 Å². The van der Waals surface area contributed by atoms with Crippen LogP contribution >= 0.6 is 0 Å². The summed E-state index contributed by atoms with van der Waals surface area (Å²) in [4.78, 5) is 0. The van der Waals surface area contributed by atoms with Crippen LogP contribution in [-0.4, -0.2) is 19.2 Å². The lowest BCUT2D eigenvalue weighted by molar-refractivity contribution is 0.338. The van der Waals surface area contributed by atoms with Gasteiger partial charge in [-0.1, -0.05) is 18.2 Å². The summed E-state index contributed by atoms with van der Waals surface area (Å²) >= 11 is 0. The van der Waals surface area contributed by atoms with Crippen LogP contribution in [0.4, 0.5) is 5.69 Å². The molecule has 11 heavy (non-hydrogen) atoms. The summed E-state index contributed by atoms with van der Waals surface area (Å²) in [5.74, 6) is 5.53. The van der Waals surface area contributed by atoms with E-state index in [9.17, 15) is 0 Å². The third kappa shape index (κ3) is 1.93. The molecule has 0 radical (unpaired) electrons. The molecule has 3 nitrogen and oxygen atoms in total. The first-order valence-corrected chi connectivity index (χ1v) is 3.49. The minimum Gasteiger partial charge on any atom is -0.296 e. The number of nitrogens with two attached hydrogens (primary N) is 1. The van der Waals surface area contributed by atoms with Crippen LogP contribution < -0.4 is 10.9 Å². The van der Waals surface area contributed by atoms with Gasteiger partial charge in [0.25, 0.3) is 0 Å². The van der Waals surface area contributed by atoms with E-state index in [1.54, 1.807) is 7.05 Å². The van der Waals surface area contributed by atoms with E-state index < -0.39 is 0 Å². The van der Waals surface area contributed by atoms with Gasteiger partial charge in [-0.2, -0.15) is 5.12 Å². The predicted octanol–water partition coefficient (Wildman–Crippen LogP) is 0.843. The molecule has 0 unspecified atom stereocenters. The fraction of sp³-hybridized carbons (Fsp3) is 0.250. The Morgan fingerprint density at radius 3 is 2.09 bits per heavy atom. The fourth-order valence-corrected chi connectivity index (χ4v) is 0.826. The first kappa shape index (κ1) is 8.04. The van der Waals surface area contributed by atoms with Gasteiger partial charge in [-0.3, -0.25) is 10.9 Å². The van der Waals surface area contributed by atoms with E-state index in [-0.39, 0.29) is 0 Å². The van der Waals surface area contributed by atoms with E-state index in [0.717, 1.165) is 5.69 Å². The summed E-state index contributed by atoms with van der Waals surface area (Å²) in [5.41, 5.74) is 1.08. The number of nitrogens with zero attached hydrogens (tertiary/aromatic N) is 2. The van der Waals surface area contributed by atoms with Gasteiger partial charge < -0.3 is 0 Å². The molecular formula is C8H13N3. The van der Waals surface area contributed by atoms with Crippen LogP contribution in [0, 0.1) is 0 Å². The van der Waals surface area contributed by atoms with Gasteiger partial charge >= 0.3 is 0 Å². The maximum absolute atomic E-state index is 5.53. The minimum atomic E-state index is 1.08. The van der Waals surface area contributed by atoms with Crippen molar-refractivity contribution in [3.05, 3.63) is 30.3 Å². The molecule has 0 aliphatic heterocycles. The van der Waals surface area contributed by atoms with E-state index in [1.807, 2.05) is 42.4 Å². The first-order chi connectivity index (χ1) is 5.22. The lowest BCUT2D eigenvalue weighted by Gasteiger charge is -2.25. The molecule has 0 bridgehead atoms. The second kappa shape index (κ2) is 3.37. The minimum absolute atomic E-state index is 1.08. The summed E-state index contributed by atoms with van der Waals surface area (Å²) in [6, 6.07) is 9.95. The lowest BCUT2D eigenvalue weighted by atomic mass is 10.3. The molecule has 0 aromatic heterocycles. The summed E-state index contributed by atoms with van der Waals surface area (Å²) in [7, 11) is 3.71. The van der Waals surface area contributed by atoms with Gasteiger partial charge in [0.2, 0.25) is 0 Å². The van der Waals surface area contributed by atoms with Gasteiger partial charge in [0, 0.05) is 14.1 Å². The molecular weight excluding hydrogens is 138 g/mol. The molecule has 0 saturated heterocycles. The number of rotatable bonds is 2. The van der Waals surface area contributed by atoms with E-state index in [0.29, 0.717) is 0 Å². The van der Waals surface area contributed by atoms with Gasteiger partial charge in [0.1, 0.15) is 0 Å². The number of para-hydroxylation sites is 1. The number of benzene rings is 1. The summed E-state index contributed by atoms with van der Waals surface area (Å²) in [6.07, 6.45) is 0. The summed E-state index contributed by atoms with van der Waals surface area (Å²) in [5, 5.41) is 3.40. The predicted molar refractivity (Wildman–Crippen MR) is 46.8 cm³/mol. The van der Waals surface area contributed by atoms with Crippen molar-refractivity contribution >= 4 is 5.69 Å². The Kier molecular flexibility index (Phi) is 2.46. The highest BCUT2D eigenvalue weighted by Gasteiger charge is 1.99. The van der Waals surface area contributed by atoms with Gasteiger partial charge in [-0.15, -0.1) is 0 Å². The number of hydrogen-bond donors (Lipinski definition) is 1. The standard InChI is InChI=1S/C8H13N3/c1-10(11(2)9)8-6-4-3-5-7-8/h3-7H,9H2,1-2H3. The maximum Gasteiger partial charge on any atom is 0.0532 e. The fourth-order valence-electron chi connectivity index (χ4n) is 0.826. The average molecular weight is 151 g/mol. The van der Waals surface area contributed by atoms with E-state index in [4.69, 9.17) is 5.84 Å². The van der Waals surface area contributed by atoms with Gasteiger partial charge in [-0.05, 0) is 12.1 Å². The van der Waals surface area contributed by atoms with Crippen molar-refractivity contribution in [1.29, 1.82) is 0 Å². The SMILES string of the molecule is CN(N)N(C)c1ccccc1. The van der Waals surface area contributed by atoms with Crippen molar-refractivity contribution in [2.24, 2.45) is 5.84 Å². The maximum atomic E-state index is 5.53. The summed E-state index contributed by atoms with van der Waals surface area (Å²) in [6.45, 7) is 0. The van der Waals surface area contributed by atoms with Crippen LogP contribution in [0.2, 0.25) is 0 Å². The molecule has 0 amide bonds. The Morgan fingerprint density at radius 1 is 1.09 bits per heavy atom. The molecule has 2 N–H and O–H groups in total. The first-order valence-electron chi connectivity index (χ1n) is 3.49. The van der Waals surface area contributed by atoms with Crippen molar-refractivity contribution in [3.63, 3.8) is 0 Å². The zero-order valence-corrected chi connectivity index (χ0v) is 6.86. The molecule has 1 rings (SSSR count). The summed E-state index contributed by atoms with van der Waals surface area (Å²) < 4.78 is 0. The lowest BCUT2D eigenvalue weighted by Crippen LogP contribution is -2.41. The second-order valence-corrected chi connectivity index (χ2v) is 2.43. The third-order valence-electron chi connectivity index (χ3n) is 1.60. The highest BCUT2D eigenvalue weighted by Crippen LogP contribution is 2.09. The van der Waals surface area contributed by atoms with Crippen LogP contribution in [-0.2, 0) is 0 Å². The zero-order chi connectivity index (χ0) is 8.27.